The summed E-state index contributed by atoms with van der Waals surface area (Å²) in [5, 5.41) is 13.0. The van der Waals surface area contributed by atoms with Crippen LogP contribution in [0.15, 0.2) is 29.4 Å². The Hall–Kier alpha value is -1.84. The van der Waals surface area contributed by atoms with Gasteiger partial charge in [0, 0.05) is 0 Å². The molecule has 4 heteroatoms. The van der Waals surface area contributed by atoms with Crippen molar-refractivity contribution >= 4 is 17.7 Å². The van der Waals surface area contributed by atoms with Gasteiger partial charge in [-0.3, -0.25) is 10.2 Å². The summed E-state index contributed by atoms with van der Waals surface area (Å²) in [5.74, 6) is 0.102. The predicted molar refractivity (Wildman–Crippen MR) is 50.9 cm³/mol. The highest BCUT2D eigenvalue weighted by Crippen LogP contribution is 2.21. The lowest BCUT2D eigenvalue weighted by atomic mass is 10.3. The highest BCUT2D eigenvalue weighted by molar-refractivity contribution is 6.27. The summed E-state index contributed by atoms with van der Waals surface area (Å²) in [6, 6.07) is 6.66. The van der Waals surface area contributed by atoms with Crippen LogP contribution in [-0.4, -0.2) is 17.1 Å². The first-order valence-electron chi connectivity index (χ1n) is 3.77. The molecule has 1 rings (SSSR count). The molecule has 0 atom stereocenters. The van der Waals surface area contributed by atoms with E-state index in [0.29, 0.717) is 17.7 Å². The summed E-state index contributed by atoms with van der Waals surface area (Å²) >= 11 is 0. The van der Waals surface area contributed by atoms with Gasteiger partial charge in [0.1, 0.15) is 5.75 Å². The number of nitrogens with one attached hydrogen (secondary N) is 1. The lowest BCUT2D eigenvalue weighted by Crippen LogP contribution is -1.97. The summed E-state index contributed by atoms with van der Waals surface area (Å²) < 4.78 is 0. The first-order chi connectivity index (χ1) is 6.24. The molecule has 0 aliphatic rings. The van der Waals surface area contributed by atoms with Gasteiger partial charge in [-0.1, -0.05) is 12.1 Å². The van der Waals surface area contributed by atoms with Crippen molar-refractivity contribution in [3.63, 3.8) is 0 Å². The molecule has 0 saturated heterocycles. The number of hydrazone groups is 1. The van der Waals surface area contributed by atoms with Crippen LogP contribution in [0.5, 0.6) is 5.75 Å². The molecule has 68 valence electrons. The Bertz CT molecular complexity index is 334. The van der Waals surface area contributed by atoms with Crippen LogP contribution in [-0.2, 0) is 4.79 Å². The van der Waals surface area contributed by atoms with Gasteiger partial charge in [-0.15, -0.1) is 0 Å². The normalized spacial score (nSPS) is 11.0. The number of aldehydes is 1. The van der Waals surface area contributed by atoms with Gasteiger partial charge in [0.2, 0.25) is 0 Å². The Morgan fingerprint density at radius 1 is 1.54 bits per heavy atom. The fourth-order valence-electron chi connectivity index (χ4n) is 0.743. The minimum Gasteiger partial charge on any atom is -0.506 e. The lowest BCUT2D eigenvalue weighted by Gasteiger charge is -2.01. The predicted octanol–water partition coefficient (Wildman–Crippen LogP) is 1.38. The monoisotopic (exact) mass is 178 g/mol. The van der Waals surface area contributed by atoms with E-state index >= 15 is 0 Å². The molecule has 0 aliphatic carbocycles. The molecule has 0 amide bonds. The number of benzene rings is 1. The Morgan fingerprint density at radius 3 is 2.85 bits per heavy atom. The van der Waals surface area contributed by atoms with Crippen LogP contribution in [0, 0.1) is 0 Å². The molecule has 0 aliphatic heterocycles. The van der Waals surface area contributed by atoms with Gasteiger partial charge in [-0.2, -0.15) is 5.10 Å². The highest BCUT2D eigenvalue weighted by Gasteiger charge is 1.95. The molecule has 0 unspecified atom stereocenters. The molecule has 0 heterocycles. The van der Waals surface area contributed by atoms with E-state index in [9.17, 15) is 9.90 Å². The van der Waals surface area contributed by atoms with Crippen LogP contribution >= 0.6 is 0 Å². The highest BCUT2D eigenvalue weighted by atomic mass is 16.3. The van der Waals surface area contributed by atoms with Gasteiger partial charge < -0.3 is 5.11 Å². The average Bonchev–Trinajstić information content (AvgIpc) is 2.16. The standard InChI is InChI=1S/C9H10N2O2/c1-7(6-12)10-11-8-4-2-3-5-9(8)13/h2-6,11,13H,1H3. The molecule has 4 nitrogen and oxygen atoms in total. The number of nitrogens with zero attached hydrogens (tertiary/aromatic N) is 1. The molecule has 0 radical (unpaired) electrons. The van der Waals surface area contributed by atoms with Crippen molar-refractivity contribution in [2.45, 2.75) is 6.92 Å². The number of anilines is 1. The number of para-hydroxylation sites is 2. The Balaban J connectivity index is 2.75. The maximum Gasteiger partial charge on any atom is 0.165 e. The molecule has 0 fully saturated rings. The van der Waals surface area contributed by atoms with Crippen LogP contribution in [0.2, 0.25) is 0 Å². The van der Waals surface area contributed by atoms with E-state index in [1.807, 2.05) is 0 Å². The van der Waals surface area contributed by atoms with E-state index in [4.69, 9.17) is 0 Å². The van der Waals surface area contributed by atoms with Crippen molar-refractivity contribution in [1.29, 1.82) is 0 Å². The second kappa shape index (κ2) is 4.25. The Morgan fingerprint density at radius 2 is 2.23 bits per heavy atom. The molecule has 13 heavy (non-hydrogen) atoms. The summed E-state index contributed by atoms with van der Waals surface area (Å²) in [6.45, 7) is 1.57. The first kappa shape index (κ1) is 9.25. The van der Waals surface area contributed by atoms with Crippen molar-refractivity contribution in [2.24, 2.45) is 5.10 Å². The van der Waals surface area contributed by atoms with E-state index in [1.165, 1.54) is 6.07 Å². The van der Waals surface area contributed by atoms with Crippen molar-refractivity contribution in [3.8, 4) is 5.75 Å². The van der Waals surface area contributed by atoms with Crippen LogP contribution in [0.25, 0.3) is 0 Å². The molecule has 0 aromatic heterocycles. The molecule has 1 aromatic carbocycles. The van der Waals surface area contributed by atoms with Gasteiger partial charge in [0.05, 0.1) is 11.4 Å². The fourth-order valence-corrected chi connectivity index (χ4v) is 0.743. The molecule has 0 saturated carbocycles. The number of phenolic OH excluding ortho intramolecular Hbond substituents is 1. The first-order valence-corrected chi connectivity index (χ1v) is 3.77. The Labute approximate surface area is 75.9 Å². The van der Waals surface area contributed by atoms with Gasteiger partial charge >= 0.3 is 0 Å². The third-order valence-electron chi connectivity index (χ3n) is 1.43. The molecule has 1 aromatic rings. The maximum absolute atomic E-state index is 10.2. The van der Waals surface area contributed by atoms with Crippen molar-refractivity contribution in [2.75, 3.05) is 5.43 Å². The molecular formula is C9H10N2O2. The SMILES string of the molecule is CC(C=O)=NNc1ccccc1O. The second-order valence-corrected chi connectivity index (χ2v) is 2.50. The van der Waals surface area contributed by atoms with E-state index in [1.54, 1.807) is 25.1 Å². The zero-order valence-corrected chi connectivity index (χ0v) is 7.19. The number of hydrogen-bond acceptors (Lipinski definition) is 4. The smallest absolute Gasteiger partial charge is 0.165 e. The summed E-state index contributed by atoms with van der Waals surface area (Å²) in [7, 11) is 0. The van der Waals surface area contributed by atoms with Crippen LogP contribution in [0.4, 0.5) is 5.69 Å². The summed E-state index contributed by atoms with van der Waals surface area (Å²) in [6.07, 6.45) is 0.632. The van der Waals surface area contributed by atoms with Gasteiger partial charge in [-0.25, -0.2) is 0 Å². The van der Waals surface area contributed by atoms with E-state index in [-0.39, 0.29) is 5.75 Å². The van der Waals surface area contributed by atoms with Crippen LogP contribution < -0.4 is 5.43 Å². The topological polar surface area (TPSA) is 61.7 Å². The fraction of sp³-hybridized carbons (Fsp3) is 0.111. The number of carbonyl (C=O) groups is 1. The molecular weight excluding hydrogens is 168 g/mol. The molecule has 0 spiro atoms. The quantitative estimate of drug-likeness (QED) is 0.318. The number of aromatic hydroxyl groups is 1. The van der Waals surface area contributed by atoms with E-state index < -0.39 is 0 Å². The number of hydrogen-bond donors (Lipinski definition) is 2. The summed E-state index contributed by atoms with van der Waals surface area (Å²) in [5.41, 5.74) is 3.37. The minimum atomic E-state index is 0.102. The average molecular weight is 178 g/mol. The minimum absolute atomic E-state index is 0.102. The third kappa shape index (κ3) is 2.59. The lowest BCUT2D eigenvalue weighted by molar-refractivity contribution is -0.102. The van der Waals surface area contributed by atoms with Gasteiger partial charge in [-0.05, 0) is 19.1 Å². The second-order valence-electron chi connectivity index (χ2n) is 2.50. The number of phenols is 1. The van der Waals surface area contributed by atoms with Gasteiger partial charge in [0.15, 0.2) is 6.29 Å². The maximum atomic E-state index is 10.2. The van der Waals surface area contributed by atoms with Crippen LogP contribution in [0.3, 0.4) is 0 Å². The van der Waals surface area contributed by atoms with Crippen LogP contribution in [0.1, 0.15) is 6.92 Å². The molecule has 2 N–H and O–H groups in total. The number of carbonyl (C=O) groups excluding carboxylic acids is 1. The van der Waals surface area contributed by atoms with Crippen molar-refractivity contribution in [3.05, 3.63) is 24.3 Å². The van der Waals surface area contributed by atoms with E-state index in [0.717, 1.165) is 0 Å². The van der Waals surface area contributed by atoms with Gasteiger partial charge in [0.25, 0.3) is 0 Å². The number of rotatable bonds is 3. The largest absolute Gasteiger partial charge is 0.506 e. The zero-order chi connectivity index (χ0) is 9.68. The van der Waals surface area contributed by atoms with Crippen molar-refractivity contribution < 1.29 is 9.90 Å². The van der Waals surface area contributed by atoms with Crippen molar-refractivity contribution in [1.82, 2.24) is 0 Å². The summed E-state index contributed by atoms with van der Waals surface area (Å²) in [4.78, 5) is 10.2. The molecule has 0 bridgehead atoms. The zero-order valence-electron chi connectivity index (χ0n) is 7.19. The Kier molecular flexibility index (Phi) is 3.03. The third-order valence-corrected chi connectivity index (χ3v) is 1.43. The van der Waals surface area contributed by atoms with E-state index in [2.05, 4.69) is 10.5 Å².